The summed E-state index contributed by atoms with van der Waals surface area (Å²) < 4.78 is 12.3. The van der Waals surface area contributed by atoms with Crippen molar-refractivity contribution in [1.29, 1.82) is 0 Å². The fourth-order valence-electron chi connectivity index (χ4n) is 4.67. The summed E-state index contributed by atoms with van der Waals surface area (Å²) in [4.78, 5) is 42.1. The number of cyclic esters (lactones) is 4. The van der Waals surface area contributed by atoms with Crippen molar-refractivity contribution in [3.8, 4) is 0 Å². The molecule has 0 amide bonds. The van der Waals surface area contributed by atoms with Crippen LogP contribution in [0.4, 0.5) is 0 Å². The molecule has 0 aliphatic carbocycles. The Kier molecular flexibility index (Phi) is 28.7. The fraction of sp³-hybridized carbons (Fsp3) is 0.692. The number of carbonyl (C=O) groups is 4. The van der Waals surface area contributed by atoms with Gasteiger partial charge in [0.1, 0.15) is 0 Å². The number of carbonyl (C=O) groups excluding carboxylic acids is 4. The average Bonchev–Trinajstić information content (AvgIpc) is 3.86. The Balaban J connectivity index is 0. The van der Waals surface area contributed by atoms with Crippen molar-refractivity contribution in [2.45, 2.75) is 159 Å². The molecule has 290 valence electrons. The lowest BCUT2D eigenvalue weighted by Crippen LogP contribution is -2.21. The van der Waals surface area contributed by atoms with Gasteiger partial charge in [0, 0.05) is 37.6 Å². The van der Waals surface area contributed by atoms with Gasteiger partial charge in [-0.05, 0) is 38.5 Å². The van der Waals surface area contributed by atoms with Crippen LogP contribution >= 0.6 is 0 Å². The van der Waals surface area contributed by atoms with Crippen LogP contribution in [0.1, 0.15) is 146 Å². The van der Waals surface area contributed by atoms with E-state index in [0.717, 1.165) is 25.2 Å². The molecule has 0 spiro atoms. The van der Waals surface area contributed by atoms with Crippen LogP contribution in [0.5, 0.6) is 0 Å². The number of ether oxygens (including phenoxy) is 2. The lowest BCUT2D eigenvalue weighted by molar-refractivity contribution is -0.154. The zero-order chi connectivity index (χ0) is 37.8. The molecule has 12 nitrogen and oxygen atoms in total. The molecule has 2 unspecified atom stereocenters. The number of allylic oxidation sites excluding steroid dienone is 1. The van der Waals surface area contributed by atoms with Crippen LogP contribution in [0.25, 0.3) is 0 Å². The molecule has 2 aromatic rings. The summed E-state index contributed by atoms with van der Waals surface area (Å²) in [7, 11) is 0. The van der Waals surface area contributed by atoms with Gasteiger partial charge in [0.05, 0.1) is 24.2 Å². The monoisotopic (exact) mass is 717 g/mol. The number of hydrogen-bond donors (Lipinski definition) is 0. The summed E-state index contributed by atoms with van der Waals surface area (Å²) in [5.74, 6) is -2.40. The molecule has 2 atom stereocenters. The third kappa shape index (κ3) is 28.4. The summed E-state index contributed by atoms with van der Waals surface area (Å²) in [6, 6.07) is 0. The standard InChI is InChI=1S/2C10H19N3.C10H16O3.C4H2O3.C4H8.CH4/c2*1-2-3-4-5-6-7-9-13-10-8-11-12-13;1-6-7(5-10(2,3)4)9(12)13-8(6)11;5-3-1-2-4(6)7-3;1-4(2)3;/h2*8,10H,2-7,9H2,1H3;6-7H,5H2,1-4H3;1-2H;1H2,2-3H3;1H4. The minimum Gasteiger partial charge on any atom is -0.393 e. The third-order valence-corrected chi connectivity index (χ3v) is 7.29. The molecule has 0 aromatic carbocycles. The van der Waals surface area contributed by atoms with Crippen LogP contribution < -0.4 is 0 Å². The van der Waals surface area contributed by atoms with Gasteiger partial charge in [-0.15, -0.1) is 16.8 Å². The minimum atomic E-state index is -0.579. The van der Waals surface area contributed by atoms with Crippen molar-refractivity contribution in [2.75, 3.05) is 0 Å². The quantitative estimate of drug-likeness (QED) is 0.0757. The van der Waals surface area contributed by atoms with E-state index in [-0.39, 0.29) is 36.6 Å². The SMILES string of the molecule is C.C=C(C)C.CC1C(=O)OC(=O)C1CC(C)(C)C.CCCCCCCCn1ccnn1.CCCCCCCCn1ccnn1.O=C1C=CC(=O)O1. The van der Waals surface area contributed by atoms with Gasteiger partial charge < -0.3 is 9.47 Å². The van der Waals surface area contributed by atoms with Crippen LogP contribution in [0, 0.1) is 17.3 Å². The summed E-state index contributed by atoms with van der Waals surface area (Å²) in [6.45, 7) is 21.9. The lowest BCUT2D eigenvalue weighted by Gasteiger charge is -2.21. The molecule has 0 N–H and O–H groups in total. The molecule has 2 aliphatic heterocycles. The third-order valence-electron chi connectivity index (χ3n) is 7.29. The largest absolute Gasteiger partial charge is 0.393 e. The minimum absolute atomic E-state index is 0. The van der Waals surface area contributed by atoms with Gasteiger partial charge >= 0.3 is 23.9 Å². The molecular formula is C39H68N6O6. The summed E-state index contributed by atoms with van der Waals surface area (Å²) in [6.07, 6.45) is 26.2. The zero-order valence-corrected chi connectivity index (χ0v) is 32.1. The number of hydrogen-bond acceptors (Lipinski definition) is 10. The molecule has 4 heterocycles. The van der Waals surface area contributed by atoms with Gasteiger partial charge in [-0.1, -0.05) is 129 Å². The Hall–Kier alpha value is -3.96. The number of aromatic nitrogens is 6. The van der Waals surface area contributed by atoms with Crippen molar-refractivity contribution in [3.05, 3.63) is 49.1 Å². The molecule has 51 heavy (non-hydrogen) atoms. The van der Waals surface area contributed by atoms with E-state index in [1.807, 2.05) is 35.6 Å². The van der Waals surface area contributed by atoms with E-state index in [1.165, 1.54) is 82.6 Å². The van der Waals surface area contributed by atoms with Gasteiger partial charge in [-0.2, -0.15) is 0 Å². The Morgan fingerprint density at radius 2 is 1.10 bits per heavy atom. The van der Waals surface area contributed by atoms with Crippen molar-refractivity contribution >= 4 is 23.9 Å². The van der Waals surface area contributed by atoms with Crippen molar-refractivity contribution in [1.82, 2.24) is 30.0 Å². The maximum atomic E-state index is 11.2. The molecular weight excluding hydrogens is 648 g/mol. The number of nitrogens with zero attached hydrogens (tertiary/aromatic N) is 6. The highest BCUT2D eigenvalue weighted by atomic mass is 16.6. The first-order chi connectivity index (χ1) is 23.7. The van der Waals surface area contributed by atoms with E-state index in [4.69, 9.17) is 0 Å². The molecule has 4 rings (SSSR count). The molecule has 0 radical (unpaired) electrons. The lowest BCUT2D eigenvalue weighted by atomic mass is 9.80. The van der Waals surface area contributed by atoms with Crippen molar-refractivity contribution in [2.24, 2.45) is 17.3 Å². The highest BCUT2D eigenvalue weighted by Gasteiger charge is 2.42. The van der Waals surface area contributed by atoms with E-state index >= 15 is 0 Å². The van der Waals surface area contributed by atoms with E-state index in [9.17, 15) is 19.2 Å². The smallest absolute Gasteiger partial charge is 0.338 e. The topological polar surface area (TPSA) is 148 Å². The predicted molar refractivity (Wildman–Crippen MR) is 202 cm³/mol. The molecule has 1 saturated heterocycles. The van der Waals surface area contributed by atoms with E-state index in [0.29, 0.717) is 6.42 Å². The summed E-state index contributed by atoms with van der Waals surface area (Å²) >= 11 is 0. The zero-order valence-electron chi connectivity index (χ0n) is 32.1. The maximum Gasteiger partial charge on any atom is 0.338 e. The van der Waals surface area contributed by atoms with Crippen molar-refractivity contribution in [3.63, 3.8) is 0 Å². The Morgan fingerprint density at radius 3 is 1.37 bits per heavy atom. The molecule has 1 fully saturated rings. The highest BCUT2D eigenvalue weighted by Crippen LogP contribution is 2.34. The second-order valence-corrected chi connectivity index (χ2v) is 14.0. The van der Waals surface area contributed by atoms with Gasteiger partial charge in [0.2, 0.25) is 0 Å². The molecule has 2 aromatic heterocycles. The van der Waals surface area contributed by atoms with E-state index in [2.05, 4.69) is 71.3 Å². The number of rotatable bonds is 15. The van der Waals surface area contributed by atoms with Gasteiger partial charge in [-0.25, -0.2) is 9.59 Å². The maximum absolute atomic E-state index is 11.2. The highest BCUT2D eigenvalue weighted by molar-refractivity contribution is 6.04. The van der Waals surface area contributed by atoms with Crippen LogP contribution in [0.2, 0.25) is 0 Å². The van der Waals surface area contributed by atoms with Crippen LogP contribution in [0.3, 0.4) is 0 Å². The number of aryl methyl sites for hydroxylation is 2. The van der Waals surface area contributed by atoms with Crippen LogP contribution in [0.15, 0.2) is 49.1 Å². The fourth-order valence-corrected chi connectivity index (χ4v) is 4.67. The normalized spacial score (nSPS) is 15.8. The summed E-state index contributed by atoms with van der Waals surface area (Å²) in [5.41, 5.74) is 1.22. The Bertz CT molecular complexity index is 1170. The second-order valence-electron chi connectivity index (χ2n) is 14.0. The van der Waals surface area contributed by atoms with E-state index in [1.54, 1.807) is 19.3 Å². The molecule has 2 aliphatic rings. The number of unbranched alkanes of at least 4 members (excludes halogenated alkanes) is 10. The van der Waals surface area contributed by atoms with Gasteiger partial charge in [0.15, 0.2) is 0 Å². The molecule has 12 heteroatoms. The van der Waals surface area contributed by atoms with Crippen molar-refractivity contribution < 1.29 is 28.7 Å². The predicted octanol–water partition coefficient (Wildman–Crippen LogP) is 8.88. The Morgan fingerprint density at radius 1 is 0.706 bits per heavy atom. The van der Waals surface area contributed by atoms with Gasteiger partial charge in [0.25, 0.3) is 0 Å². The first-order valence-electron chi connectivity index (χ1n) is 18.2. The second kappa shape index (κ2) is 29.7. The first-order valence-corrected chi connectivity index (χ1v) is 18.2. The number of esters is 4. The van der Waals surface area contributed by atoms with Gasteiger partial charge in [-0.3, -0.25) is 19.0 Å². The Labute approximate surface area is 307 Å². The molecule has 0 saturated carbocycles. The van der Waals surface area contributed by atoms with Crippen LogP contribution in [-0.4, -0.2) is 53.9 Å². The van der Waals surface area contributed by atoms with E-state index < -0.39 is 11.9 Å². The first kappa shape index (κ1) is 49.2. The average molecular weight is 717 g/mol. The summed E-state index contributed by atoms with van der Waals surface area (Å²) in [5, 5.41) is 15.4. The molecule has 0 bridgehead atoms. The van der Waals surface area contributed by atoms with Crippen LogP contribution in [-0.2, 0) is 41.7 Å².